The highest BCUT2D eigenvalue weighted by molar-refractivity contribution is 4.66. The third kappa shape index (κ3) is 3.18. The predicted octanol–water partition coefficient (Wildman–Crippen LogP) is 0.289. The highest BCUT2D eigenvalue weighted by Gasteiger charge is 2.14. The maximum absolute atomic E-state index is 5.44. The van der Waals surface area contributed by atoms with Crippen LogP contribution in [0.2, 0.25) is 0 Å². The van der Waals surface area contributed by atoms with Gasteiger partial charge in [-0.05, 0) is 20.0 Å². The van der Waals surface area contributed by atoms with Gasteiger partial charge in [-0.2, -0.15) is 0 Å². The molecule has 1 aliphatic heterocycles. The molecule has 11 heavy (non-hydrogen) atoms. The fourth-order valence-electron chi connectivity index (χ4n) is 1.16. The topological polar surface area (TPSA) is 26.6 Å². The van der Waals surface area contributed by atoms with Crippen molar-refractivity contribution >= 4 is 0 Å². The molecule has 0 aromatic carbocycles. The molecule has 1 rings (SSSR count). The molecule has 1 saturated heterocycles. The molecule has 1 aliphatic rings. The van der Waals surface area contributed by atoms with Crippen molar-refractivity contribution < 1.29 is 4.74 Å². The highest BCUT2D eigenvalue weighted by atomic mass is 16.5. The molecule has 0 spiro atoms. The van der Waals surface area contributed by atoms with E-state index in [2.05, 4.69) is 24.2 Å². The molecule has 1 radical (unpaired) electrons. The van der Waals surface area contributed by atoms with Crippen molar-refractivity contribution in [3.63, 3.8) is 0 Å². The van der Waals surface area contributed by atoms with Crippen LogP contribution in [0.25, 0.3) is 0 Å². The van der Waals surface area contributed by atoms with Gasteiger partial charge in [-0.1, -0.05) is 6.92 Å². The highest BCUT2D eigenvalue weighted by Crippen LogP contribution is 2.03. The lowest BCUT2D eigenvalue weighted by molar-refractivity contribution is -0.0103. The Kier molecular flexibility index (Phi) is 3.83. The number of ether oxygens (including phenoxy) is 1. The van der Waals surface area contributed by atoms with Gasteiger partial charge in [0, 0.05) is 13.1 Å². The van der Waals surface area contributed by atoms with Crippen LogP contribution in [0, 0.1) is 0 Å². The molecule has 0 N–H and O–H groups in total. The Morgan fingerprint density at radius 1 is 1.64 bits per heavy atom. The molecule has 0 bridgehead atoms. The number of nitrogens with zero attached hydrogens (tertiary/aromatic N) is 2. The van der Waals surface area contributed by atoms with Gasteiger partial charge in [0.1, 0.15) is 6.73 Å². The van der Waals surface area contributed by atoms with Gasteiger partial charge >= 0.3 is 0 Å². The quantitative estimate of drug-likeness (QED) is 0.588. The SMILES string of the molecule is CCN(C)CC1CC[N]CO1. The lowest BCUT2D eigenvalue weighted by Gasteiger charge is -2.26. The minimum Gasteiger partial charge on any atom is -0.360 e. The van der Waals surface area contributed by atoms with Crippen LogP contribution in [0.15, 0.2) is 0 Å². The molecular formula is C8H17N2O. The summed E-state index contributed by atoms with van der Waals surface area (Å²) < 4.78 is 5.44. The third-order valence-electron chi connectivity index (χ3n) is 2.07. The van der Waals surface area contributed by atoms with Crippen molar-refractivity contribution in [1.29, 1.82) is 0 Å². The summed E-state index contributed by atoms with van der Waals surface area (Å²) in [5.41, 5.74) is 0. The molecule has 0 aliphatic carbocycles. The van der Waals surface area contributed by atoms with E-state index in [1.165, 1.54) is 0 Å². The second-order valence-corrected chi connectivity index (χ2v) is 3.01. The minimum atomic E-state index is 0.414. The van der Waals surface area contributed by atoms with E-state index in [0.29, 0.717) is 12.8 Å². The van der Waals surface area contributed by atoms with E-state index < -0.39 is 0 Å². The van der Waals surface area contributed by atoms with Crippen molar-refractivity contribution in [1.82, 2.24) is 10.2 Å². The predicted molar refractivity (Wildman–Crippen MR) is 44.5 cm³/mol. The maximum atomic E-state index is 5.44. The fraction of sp³-hybridized carbons (Fsp3) is 1.00. The molecule has 1 atom stereocenters. The van der Waals surface area contributed by atoms with Gasteiger partial charge in [-0.15, -0.1) is 0 Å². The van der Waals surface area contributed by atoms with Crippen LogP contribution < -0.4 is 5.32 Å². The van der Waals surface area contributed by atoms with Crippen LogP contribution in [0.1, 0.15) is 13.3 Å². The monoisotopic (exact) mass is 157 g/mol. The van der Waals surface area contributed by atoms with Gasteiger partial charge in [-0.25, -0.2) is 5.32 Å². The lowest BCUT2D eigenvalue weighted by atomic mass is 10.2. The Morgan fingerprint density at radius 2 is 2.45 bits per heavy atom. The van der Waals surface area contributed by atoms with E-state index in [4.69, 9.17) is 4.74 Å². The average molecular weight is 157 g/mol. The molecule has 0 aromatic rings. The van der Waals surface area contributed by atoms with Crippen molar-refractivity contribution in [2.45, 2.75) is 19.4 Å². The Labute approximate surface area is 68.7 Å². The van der Waals surface area contributed by atoms with Gasteiger partial charge in [0.15, 0.2) is 0 Å². The van der Waals surface area contributed by atoms with E-state index in [0.717, 1.165) is 26.1 Å². The lowest BCUT2D eigenvalue weighted by Crippen LogP contribution is -2.37. The number of rotatable bonds is 3. The second-order valence-electron chi connectivity index (χ2n) is 3.01. The van der Waals surface area contributed by atoms with E-state index in [1.54, 1.807) is 0 Å². The average Bonchev–Trinajstić information content (AvgIpc) is 2.06. The van der Waals surface area contributed by atoms with Crippen molar-refractivity contribution in [2.24, 2.45) is 0 Å². The summed E-state index contributed by atoms with van der Waals surface area (Å²) in [7, 11) is 2.12. The summed E-state index contributed by atoms with van der Waals surface area (Å²) in [6, 6.07) is 0. The maximum Gasteiger partial charge on any atom is 0.112 e. The summed E-state index contributed by atoms with van der Waals surface area (Å²) in [5, 5.41) is 4.12. The molecular weight excluding hydrogens is 140 g/mol. The number of hydrogen-bond donors (Lipinski definition) is 0. The summed E-state index contributed by atoms with van der Waals surface area (Å²) in [5.74, 6) is 0. The first-order valence-electron chi connectivity index (χ1n) is 4.26. The van der Waals surface area contributed by atoms with Crippen LogP contribution in [-0.4, -0.2) is 44.4 Å². The molecule has 3 nitrogen and oxygen atoms in total. The van der Waals surface area contributed by atoms with Crippen molar-refractivity contribution in [3.05, 3.63) is 0 Å². The molecule has 0 aromatic heterocycles. The minimum absolute atomic E-state index is 0.414. The third-order valence-corrected chi connectivity index (χ3v) is 2.07. The first-order valence-corrected chi connectivity index (χ1v) is 4.26. The second kappa shape index (κ2) is 4.70. The van der Waals surface area contributed by atoms with Gasteiger partial charge in [0.25, 0.3) is 0 Å². The van der Waals surface area contributed by atoms with Crippen molar-refractivity contribution in [2.75, 3.05) is 33.4 Å². The van der Waals surface area contributed by atoms with Crippen LogP contribution in [0.4, 0.5) is 0 Å². The Bertz CT molecular complexity index is 102. The van der Waals surface area contributed by atoms with Crippen LogP contribution in [0.5, 0.6) is 0 Å². The van der Waals surface area contributed by atoms with E-state index in [9.17, 15) is 0 Å². The van der Waals surface area contributed by atoms with Gasteiger partial charge in [0.05, 0.1) is 6.10 Å². The zero-order chi connectivity index (χ0) is 8.10. The Balaban J connectivity index is 2.13. The number of hydrogen-bond acceptors (Lipinski definition) is 2. The van der Waals surface area contributed by atoms with Gasteiger partial charge in [0.2, 0.25) is 0 Å². The molecule has 1 unspecified atom stereocenters. The van der Waals surface area contributed by atoms with Crippen LogP contribution >= 0.6 is 0 Å². The molecule has 1 heterocycles. The fourth-order valence-corrected chi connectivity index (χ4v) is 1.16. The van der Waals surface area contributed by atoms with Gasteiger partial charge < -0.3 is 9.64 Å². The summed E-state index contributed by atoms with van der Waals surface area (Å²) >= 11 is 0. The molecule has 0 saturated carbocycles. The van der Waals surface area contributed by atoms with Gasteiger partial charge in [-0.3, -0.25) is 0 Å². The zero-order valence-electron chi connectivity index (χ0n) is 7.42. The largest absolute Gasteiger partial charge is 0.360 e. The standard InChI is InChI=1S/C8H17N2O/c1-3-10(2)6-8-4-5-9-7-11-8/h8H,3-7H2,1-2H3. The summed E-state index contributed by atoms with van der Waals surface area (Å²) in [6.45, 7) is 5.88. The Hall–Kier alpha value is -0.120. The van der Waals surface area contributed by atoms with E-state index in [-0.39, 0.29) is 0 Å². The van der Waals surface area contributed by atoms with Crippen LogP contribution in [-0.2, 0) is 4.74 Å². The molecule has 0 amide bonds. The first kappa shape index (κ1) is 8.97. The molecule has 1 fully saturated rings. The molecule has 65 valence electrons. The normalized spacial score (nSPS) is 25.9. The first-order chi connectivity index (χ1) is 5.33. The zero-order valence-corrected chi connectivity index (χ0v) is 7.42. The summed E-state index contributed by atoms with van der Waals surface area (Å²) in [6.07, 6.45) is 1.50. The summed E-state index contributed by atoms with van der Waals surface area (Å²) in [4.78, 5) is 2.27. The van der Waals surface area contributed by atoms with Crippen molar-refractivity contribution in [3.8, 4) is 0 Å². The Morgan fingerprint density at radius 3 is 3.00 bits per heavy atom. The smallest absolute Gasteiger partial charge is 0.112 e. The van der Waals surface area contributed by atoms with E-state index in [1.807, 2.05) is 0 Å². The van der Waals surface area contributed by atoms with Crippen LogP contribution in [0.3, 0.4) is 0 Å². The van der Waals surface area contributed by atoms with E-state index >= 15 is 0 Å². The number of likely N-dealkylation sites (N-methyl/N-ethyl adjacent to an activating group) is 1. The molecule has 3 heteroatoms.